The fourth-order valence-corrected chi connectivity index (χ4v) is 4.03. The van der Waals surface area contributed by atoms with Crippen LogP contribution < -0.4 is 5.32 Å². The van der Waals surface area contributed by atoms with E-state index in [1.807, 2.05) is 13.8 Å². The molecule has 1 heterocycles. The van der Waals surface area contributed by atoms with E-state index in [1.54, 1.807) is 10.8 Å². The van der Waals surface area contributed by atoms with E-state index in [4.69, 9.17) is 0 Å². The number of nitrogens with one attached hydrogen (secondary N) is 1. The Kier molecular flexibility index (Phi) is 5.03. The number of aromatic nitrogens is 2. The molecule has 1 aromatic heterocycles. The number of hydrogen-bond acceptors (Lipinski definition) is 4. The highest BCUT2D eigenvalue weighted by Crippen LogP contribution is 2.24. The van der Waals surface area contributed by atoms with Gasteiger partial charge in [-0.15, -0.1) is 0 Å². The summed E-state index contributed by atoms with van der Waals surface area (Å²) in [5, 5.41) is 2.81. The number of sulfone groups is 1. The van der Waals surface area contributed by atoms with Crippen LogP contribution in [0.1, 0.15) is 45.6 Å². The summed E-state index contributed by atoms with van der Waals surface area (Å²) in [5.41, 5.74) is 0. The molecular weight excluding hydrogens is 290 g/mol. The maximum absolute atomic E-state index is 12.3. The Morgan fingerprint density at radius 3 is 2.71 bits per heavy atom. The first kappa shape index (κ1) is 16.0. The van der Waals surface area contributed by atoms with Gasteiger partial charge in [-0.05, 0) is 26.7 Å². The van der Waals surface area contributed by atoms with Crippen molar-refractivity contribution in [3.63, 3.8) is 0 Å². The highest BCUT2D eigenvalue weighted by Gasteiger charge is 2.24. The quantitative estimate of drug-likeness (QED) is 0.864. The van der Waals surface area contributed by atoms with Gasteiger partial charge in [-0.3, -0.25) is 4.79 Å². The van der Waals surface area contributed by atoms with Gasteiger partial charge in [0.15, 0.2) is 0 Å². The van der Waals surface area contributed by atoms with E-state index in [0.29, 0.717) is 0 Å². The van der Waals surface area contributed by atoms with Crippen molar-refractivity contribution in [1.29, 1.82) is 0 Å². The largest absolute Gasteiger partial charge is 0.355 e. The summed E-state index contributed by atoms with van der Waals surface area (Å²) in [6.45, 7) is 3.95. The molecule has 0 aliphatic heterocycles. The predicted molar refractivity (Wildman–Crippen MR) is 79.6 cm³/mol. The van der Waals surface area contributed by atoms with E-state index in [1.165, 1.54) is 6.20 Å². The second kappa shape index (κ2) is 6.60. The van der Waals surface area contributed by atoms with Crippen molar-refractivity contribution in [2.45, 2.75) is 50.7 Å². The van der Waals surface area contributed by atoms with Crippen molar-refractivity contribution in [2.75, 3.05) is 12.3 Å². The Morgan fingerprint density at radius 1 is 1.43 bits per heavy atom. The zero-order chi connectivity index (χ0) is 15.5. The molecule has 0 unspecified atom stereocenters. The van der Waals surface area contributed by atoms with Gasteiger partial charge in [0, 0.05) is 30.9 Å². The van der Waals surface area contributed by atoms with Crippen molar-refractivity contribution in [3.8, 4) is 0 Å². The summed E-state index contributed by atoms with van der Waals surface area (Å²) < 4.78 is 26.2. The number of rotatable bonds is 6. The van der Waals surface area contributed by atoms with E-state index < -0.39 is 9.84 Å². The van der Waals surface area contributed by atoms with Crippen LogP contribution in [0.5, 0.6) is 0 Å². The molecule has 2 rings (SSSR count). The molecule has 6 nitrogen and oxygen atoms in total. The smallest absolute Gasteiger partial charge is 0.227 e. The van der Waals surface area contributed by atoms with E-state index >= 15 is 0 Å². The molecule has 1 aliphatic carbocycles. The predicted octanol–water partition coefficient (Wildman–Crippen LogP) is 1.54. The molecule has 1 saturated carbocycles. The normalized spacial score (nSPS) is 16.5. The molecule has 1 aromatic rings. The molecule has 0 atom stereocenters. The van der Waals surface area contributed by atoms with Gasteiger partial charge in [0.2, 0.25) is 20.9 Å². The molecule has 21 heavy (non-hydrogen) atoms. The third-order valence-corrected chi connectivity index (χ3v) is 5.48. The second-order valence-corrected chi connectivity index (χ2v) is 7.81. The molecule has 1 fully saturated rings. The lowest BCUT2D eigenvalue weighted by Crippen LogP contribution is -2.33. The highest BCUT2D eigenvalue weighted by atomic mass is 32.2. The van der Waals surface area contributed by atoms with Gasteiger partial charge in [0.1, 0.15) is 0 Å². The molecule has 118 valence electrons. The molecule has 1 N–H and O–H groups in total. The Labute approximate surface area is 125 Å². The van der Waals surface area contributed by atoms with Crippen molar-refractivity contribution >= 4 is 15.7 Å². The summed E-state index contributed by atoms with van der Waals surface area (Å²) in [5.74, 6) is -0.0740. The molecule has 0 spiro atoms. The van der Waals surface area contributed by atoms with Gasteiger partial charge in [0.05, 0.1) is 5.75 Å². The first-order chi connectivity index (χ1) is 9.92. The maximum atomic E-state index is 12.3. The lowest BCUT2D eigenvalue weighted by Gasteiger charge is -2.13. The van der Waals surface area contributed by atoms with Crippen LogP contribution in [0.25, 0.3) is 0 Å². The van der Waals surface area contributed by atoms with Gasteiger partial charge in [-0.1, -0.05) is 12.8 Å². The van der Waals surface area contributed by atoms with Crippen LogP contribution in [0, 0.1) is 5.92 Å². The van der Waals surface area contributed by atoms with Crippen molar-refractivity contribution in [1.82, 2.24) is 14.9 Å². The zero-order valence-corrected chi connectivity index (χ0v) is 13.4. The first-order valence-electron chi connectivity index (χ1n) is 7.45. The molecule has 0 aromatic carbocycles. The third-order valence-electron chi connectivity index (χ3n) is 3.86. The van der Waals surface area contributed by atoms with Crippen molar-refractivity contribution in [3.05, 3.63) is 12.4 Å². The Hall–Kier alpha value is -1.37. The minimum Gasteiger partial charge on any atom is -0.355 e. The monoisotopic (exact) mass is 313 g/mol. The maximum Gasteiger partial charge on any atom is 0.227 e. The van der Waals surface area contributed by atoms with Crippen LogP contribution >= 0.6 is 0 Å². The number of carbonyl (C=O) groups excluding carboxylic acids is 1. The average molecular weight is 313 g/mol. The fraction of sp³-hybridized carbons (Fsp3) is 0.714. The topological polar surface area (TPSA) is 81.1 Å². The highest BCUT2D eigenvalue weighted by molar-refractivity contribution is 7.91. The van der Waals surface area contributed by atoms with Crippen molar-refractivity contribution in [2.24, 2.45) is 5.92 Å². The van der Waals surface area contributed by atoms with Crippen LogP contribution in [0.4, 0.5) is 0 Å². The number of carbonyl (C=O) groups is 1. The molecule has 1 amide bonds. The molecule has 1 aliphatic rings. The van der Waals surface area contributed by atoms with Crippen LogP contribution in [-0.4, -0.2) is 36.2 Å². The molecular formula is C14H23N3O3S. The molecule has 0 bridgehead atoms. The van der Waals surface area contributed by atoms with Gasteiger partial charge in [-0.25, -0.2) is 13.4 Å². The summed E-state index contributed by atoms with van der Waals surface area (Å²) in [6, 6.07) is 0.0327. The molecule has 0 radical (unpaired) electrons. The SMILES string of the molecule is CC(C)n1ccnc1S(=O)(=O)CCNC(=O)C1CCCC1. The lowest BCUT2D eigenvalue weighted by molar-refractivity contribution is -0.124. The van der Waals surface area contributed by atoms with Gasteiger partial charge < -0.3 is 9.88 Å². The summed E-state index contributed by atoms with van der Waals surface area (Å²) in [7, 11) is -3.47. The van der Waals surface area contributed by atoms with Gasteiger partial charge >= 0.3 is 0 Å². The Bertz CT molecular complexity index is 586. The fourth-order valence-electron chi connectivity index (χ4n) is 2.67. The zero-order valence-electron chi connectivity index (χ0n) is 12.6. The van der Waals surface area contributed by atoms with Gasteiger partial charge in [0.25, 0.3) is 0 Å². The van der Waals surface area contributed by atoms with E-state index in [9.17, 15) is 13.2 Å². The number of imidazole rings is 1. The second-order valence-electron chi connectivity index (χ2n) is 5.80. The molecule has 0 saturated heterocycles. The minimum atomic E-state index is -3.47. The van der Waals surface area contributed by atoms with Crippen LogP contribution in [0.3, 0.4) is 0 Å². The van der Waals surface area contributed by atoms with Crippen LogP contribution in [0.15, 0.2) is 17.6 Å². The van der Waals surface area contributed by atoms with E-state index in [0.717, 1.165) is 25.7 Å². The Morgan fingerprint density at radius 2 is 2.10 bits per heavy atom. The lowest BCUT2D eigenvalue weighted by atomic mass is 10.1. The average Bonchev–Trinajstić information content (AvgIpc) is 3.10. The summed E-state index contributed by atoms with van der Waals surface area (Å²) in [6.07, 6.45) is 7.15. The summed E-state index contributed by atoms with van der Waals surface area (Å²) in [4.78, 5) is 15.8. The number of hydrogen-bond donors (Lipinski definition) is 1. The number of nitrogens with zero attached hydrogens (tertiary/aromatic N) is 2. The standard InChI is InChI=1S/C14H23N3O3S/c1-11(2)17-9-7-16-14(17)21(19,20)10-8-15-13(18)12-5-3-4-6-12/h7,9,11-12H,3-6,8,10H2,1-2H3,(H,15,18). The van der Waals surface area contributed by atoms with E-state index in [2.05, 4.69) is 10.3 Å². The van der Waals surface area contributed by atoms with Crippen LogP contribution in [-0.2, 0) is 14.6 Å². The third kappa shape index (κ3) is 3.84. The summed E-state index contributed by atoms with van der Waals surface area (Å²) >= 11 is 0. The minimum absolute atomic E-state index is 0.0186. The van der Waals surface area contributed by atoms with Gasteiger partial charge in [-0.2, -0.15) is 0 Å². The first-order valence-corrected chi connectivity index (χ1v) is 9.10. The number of amides is 1. The Balaban J connectivity index is 1.92. The van der Waals surface area contributed by atoms with E-state index in [-0.39, 0.29) is 35.3 Å². The molecule has 7 heteroatoms. The van der Waals surface area contributed by atoms with Crippen LogP contribution in [0.2, 0.25) is 0 Å². The van der Waals surface area contributed by atoms with Crippen molar-refractivity contribution < 1.29 is 13.2 Å².